The fourth-order valence-electron chi connectivity index (χ4n) is 5.55. The minimum absolute atomic E-state index is 0.170. The number of allylic oxidation sites excluding steroid dienone is 6. The van der Waals surface area contributed by atoms with Crippen molar-refractivity contribution in [1.29, 1.82) is 0 Å². The van der Waals surface area contributed by atoms with E-state index in [1.807, 2.05) is 6.08 Å². The number of hydrogen-bond donors (Lipinski definition) is 1. The van der Waals surface area contributed by atoms with Gasteiger partial charge in [-0.15, -0.1) is 0 Å². The number of nitrogens with zero attached hydrogens (tertiary/aromatic N) is 1. The van der Waals surface area contributed by atoms with Gasteiger partial charge in [-0.3, -0.25) is 24.1 Å². The highest BCUT2D eigenvalue weighted by Crippen LogP contribution is 2.55. The van der Waals surface area contributed by atoms with Gasteiger partial charge in [0.1, 0.15) is 18.1 Å². The summed E-state index contributed by atoms with van der Waals surface area (Å²) in [6.07, 6.45) is 3.86. The minimum Gasteiger partial charge on any atom is -0.463 e. The van der Waals surface area contributed by atoms with Crippen LogP contribution in [0.2, 0.25) is 0 Å². The molecule has 0 radical (unpaired) electrons. The monoisotopic (exact) mass is 485 g/mol. The van der Waals surface area contributed by atoms with Crippen molar-refractivity contribution in [3.8, 4) is 0 Å². The SMILES string of the molecule is CCN1C(=O)C2CC=C3C(c4ccc(CO)o4)C4=C(CC3C2C1=O)C(=O)C(Br)=CC4=O. The lowest BCUT2D eigenvalue weighted by molar-refractivity contribution is -0.139. The van der Waals surface area contributed by atoms with Crippen LogP contribution in [0.25, 0.3) is 0 Å². The number of imide groups is 1. The molecule has 2 amide bonds. The van der Waals surface area contributed by atoms with Gasteiger partial charge < -0.3 is 9.52 Å². The summed E-state index contributed by atoms with van der Waals surface area (Å²) in [7, 11) is 0. The Labute approximate surface area is 186 Å². The van der Waals surface area contributed by atoms with Crippen molar-refractivity contribution in [3.63, 3.8) is 0 Å². The Kier molecular flexibility index (Phi) is 4.75. The molecular weight excluding hydrogens is 466 g/mol. The third kappa shape index (κ3) is 2.81. The van der Waals surface area contributed by atoms with Crippen LogP contribution in [0.4, 0.5) is 0 Å². The highest BCUT2D eigenvalue weighted by Gasteiger charge is 2.56. The zero-order valence-electron chi connectivity index (χ0n) is 16.8. The Morgan fingerprint density at radius 2 is 1.94 bits per heavy atom. The highest BCUT2D eigenvalue weighted by atomic mass is 79.9. The molecule has 0 spiro atoms. The maximum Gasteiger partial charge on any atom is 0.233 e. The van der Waals surface area contributed by atoms with Gasteiger partial charge in [-0.2, -0.15) is 0 Å². The number of aliphatic hydroxyl groups excluding tert-OH is 1. The lowest BCUT2D eigenvalue weighted by Crippen LogP contribution is -2.39. The number of amides is 2. The van der Waals surface area contributed by atoms with E-state index in [2.05, 4.69) is 15.9 Å². The third-order valence-corrected chi connectivity index (χ3v) is 7.45. The highest BCUT2D eigenvalue weighted by molar-refractivity contribution is 9.12. The first-order valence-electron chi connectivity index (χ1n) is 10.3. The van der Waals surface area contributed by atoms with Crippen LogP contribution in [0.1, 0.15) is 37.2 Å². The van der Waals surface area contributed by atoms with E-state index in [1.165, 1.54) is 11.0 Å². The van der Waals surface area contributed by atoms with Crippen LogP contribution in [-0.2, 0) is 25.8 Å². The second kappa shape index (κ2) is 7.24. The zero-order chi connectivity index (χ0) is 22.0. The molecule has 5 rings (SSSR count). The van der Waals surface area contributed by atoms with Gasteiger partial charge in [-0.25, -0.2) is 0 Å². The molecule has 1 fully saturated rings. The number of halogens is 1. The van der Waals surface area contributed by atoms with Crippen LogP contribution in [0, 0.1) is 17.8 Å². The van der Waals surface area contributed by atoms with E-state index >= 15 is 0 Å². The Morgan fingerprint density at radius 1 is 1.16 bits per heavy atom. The summed E-state index contributed by atoms with van der Waals surface area (Å²) in [5.74, 6) is -2.13. The van der Waals surface area contributed by atoms with Crippen molar-refractivity contribution in [2.75, 3.05) is 6.54 Å². The molecule has 0 bridgehead atoms. The third-order valence-electron chi connectivity index (χ3n) is 6.86. The summed E-state index contributed by atoms with van der Waals surface area (Å²) < 4.78 is 5.99. The van der Waals surface area contributed by atoms with Crippen molar-refractivity contribution in [2.24, 2.45) is 17.8 Å². The lowest BCUT2D eigenvalue weighted by Gasteiger charge is -2.41. The van der Waals surface area contributed by atoms with Gasteiger partial charge in [-0.05, 0) is 53.7 Å². The van der Waals surface area contributed by atoms with Crippen molar-refractivity contribution < 1.29 is 28.7 Å². The van der Waals surface area contributed by atoms with Gasteiger partial charge in [0.05, 0.1) is 22.2 Å². The molecule has 8 heteroatoms. The quantitative estimate of drug-likeness (QED) is 0.400. The van der Waals surface area contributed by atoms with Gasteiger partial charge in [-0.1, -0.05) is 11.6 Å². The molecule has 1 N–H and O–H groups in total. The molecule has 3 aliphatic carbocycles. The fourth-order valence-corrected chi connectivity index (χ4v) is 5.99. The van der Waals surface area contributed by atoms with Crippen molar-refractivity contribution in [2.45, 2.75) is 32.3 Å². The van der Waals surface area contributed by atoms with Gasteiger partial charge in [0, 0.05) is 23.8 Å². The van der Waals surface area contributed by atoms with Crippen LogP contribution < -0.4 is 0 Å². The van der Waals surface area contributed by atoms with E-state index in [9.17, 15) is 24.3 Å². The first-order chi connectivity index (χ1) is 14.9. The van der Waals surface area contributed by atoms with E-state index in [0.29, 0.717) is 35.6 Å². The average molecular weight is 486 g/mol. The van der Waals surface area contributed by atoms with Gasteiger partial charge in [0.25, 0.3) is 0 Å². The second-order valence-electron chi connectivity index (χ2n) is 8.28. The van der Waals surface area contributed by atoms with Crippen LogP contribution in [0.3, 0.4) is 0 Å². The predicted molar refractivity (Wildman–Crippen MR) is 112 cm³/mol. The van der Waals surface area contributed by atoms with Gasteiger partial charge >= 0.3 is 0 Å². The Morgan fingerprint density at radius 3 is 2.61 bits per heavy atom. The molecule has 7 nitrogen and oxygen atoms in total. The topological polar surface area (TPSA) is 105 Å². The van der Waals surface area contributed by atoms with Crippen LogP contribution in [0.5, 0.6) is 0 Å². The second-order valence-corrected chi connectivity index (χ2v) is 9.13. The number of hydrogen-bond acceptors (Lipinski definition) is 6. The first-order valence-corrected chi connectivity index (χ1v) is 11.1. The zero-order valence-corrected chi connectivity index (χ0v) is 18.3. The van der Waals surface area contributed by atoms with E-state index in [1.54, 1.807) is 19.1 Å². The molecule has 4 aliphatic rings. The first kappa shape index (κ1) is 20.3. The summed E-state index contributed by atoms with van der Waals surface area (Å²) in [5, 5.41) is 9.44. The molecule has 2 heterocycles. The molecule has 0 saturated carbocycles. The molecule has 1 aliphatic heterocycles. The summed E-state index contributed by atoms with van der Waals surface area (Å²) >= 11 is 3.19. The molecule has 1 saturated heterocycles. The largest absolute Gasteiger partial charge is 0.463 e. The van der Waals surface area contributed by atoms with Gasteiger partial charge in [0.15, 0.2) is 11.6 Å². The Hall–Kier alpha value is -2.58. The number of fused-ring (bicyclic) bond motifs is 3. The van der Waals surface area contributed by atoms with Crippen molar-refractivity contribution in [3.05, 3.63) is 57.0 Å². The summed E-state index contributed by atoms with van der Waals surface area (Å²) in [5.41, 5.74) is 1.56. The lowest BCUT2D eigenvalue weighted by atomic mass is 9.60. The minimum atomic E-state index is -0.623. The van der Waals surface area contributed by atoms with Crippen molar-refractivity contribution in [1.82, 2.24) is 4.90 Å². The number of carbonyl (C=O) groups excluding carboxylic acids is 4. The van der Waals surface area contributed by atoms with E-state index < -0.39 is 17.8 Å². The molecule has 4 unspecified atom stereocenters. The summed E-state index contributed by atoms with van der Waals surface area (Å²) in [6.45, 7) is 1.80. The van der Waals surface area contributed by atoms with Gasteiger partial charge in [0.2, 0.25) is 11.8 Å². The number of rotatable bonds is 3. The van der Waals surface area contributed by atoms with Crippen LogP contribution >= 0.6 is 15.9 Å². The van der Waals surface area contributed by atoms with Crippen LogP contribution in [-0.4, -0.2) is 39.9 Å². The van der Waals surface area contributed by atoms with Crippen LogP contribution in [0.15, 0.2) is 49.9 Å². The van der Waals surface area contributed by atoms with E-state index in [4.69, 9.17) is 4.42 Å². The molecule has 1 aromatic heterocycles. The summed E-state index contributed by atoms with van der Waals surface area (Å²) in [4.78, 5) is 53.2. The molecule has 160 valence electrons. The normalized spacial score (nSPS) is 30.2. The van der Waals surface area contributed by atoms with E-state index in [-0.39, 0.29) is 46.8 Å². The number of furan rings is 1. The number of likely N-dealkylation sites (tertiary alicyclic amines) is 1. The molecule has 0 aromatic carbocycles. The van der Waals surface area contributed by atoms with E-state index in [0.717, 1.165) is 5.57 Å². The number of ketones is 2. The summed E-state index contributed by atoms with van der Waals surface area (Å²) in [6, 6.07) is 3.33. The van der Waals surface area contributed by atoms with Crippen molar-refractivity contribution >= 4 is 39.3 Å². The smallest absolute Gasteiger partial charge is 0.233 e. The Balaban J connectivity index is 1.68. The molecule has 4 atom stereocenters. The molecule has 31 heavy (non-hydrogen) atoms. The number of Topliss-reactive ketones (excluding diaryl/α,β-unsaturated/α-hetero) is 1. The molecule has 1 aromatic rings. The number of aliphatic hydroxyl groups is 1. The number of carbonyl (C=O) groups is 4. The maximum absolute atomic E-state index is 13.1. The predicted octanol–water partition coefficient (Wildman–Crippen LogP) is 2.55. The fraction of sp³-hybridized carbons (Fsp3) is 0.391. The Bertz CT molecular complexity index is 1140. The maximum atomic E-state index is 13.1. The molecular formula is C23H20BrNO6. The average Bonchev–Trinajstić information content (AvgIpc) is 3.33. The standard InChI is InChI=1S/C23H20BrNO6/c1-2-25-22(29)12-5-4-11-13(18(12)23(25)30)7-14-19(16(27)8-15(24)21(14)28)20(11)17-6-3-10(9-26)31-17/h3-4,6,8,12-13,18,20,26H,2,5,7,9H2,1H3.